The Labute approximate surface area is 124 Å². The van der Waals surface area contributed by atoms with Crippen LogP contribution < -0.4 is 5.32 Å². The van der Waals surface area contributed by atoms with Crippen LogP contribution in [0.1, 0.15) is 0 Å². The average molecular weight is 336 g/mol. The number of fused-ring (bicyclic) bond motifs is 1. The quantitative estimate of drug-likeness (QED) is 0.900. The van der Waals surface area contributed by atoms with E-state index in [1.54, 1.807) is 4.90 Å². The molecule has 0 spiro atoms. The molecule has 0 bridgehead atoms. The summed E-state index contributed by atoms with van der Waals surface area (Å²) in [7, 11) is 0. The van der Waals surface area contributed by atoms with E-state index in [1.165, 1.54) is 0 Å². The van der Waals surface area contributed by atoms with Crippen molar-refractivity contribution in [3.8, 4) is 0 Å². The van der Waals surface area contributed by atoms with E-state index < -0.39 is 0 Å². The third-order valence-corrected chi connectivity index (χ3v) is 4.15. The van der Waals surface area contributed by atoms with E-state index in [0.29, 0.717) is 13.1 Å². The first kappa shape index (κ1) is 13.2. The number of halogens is 1. The lowest BCUT2D eigenvalue weighted by Gasteiger charge is -2.26. The van der Waals surface area contributed by atoms with Crippen LogP contribution in [-0.2, 0) is 16.1 Å². The van der Waals surface area contributed by atoms with Gasteiger partial charge >= 0.3 is 0 Å². The molecule has 0 unspecified atom stereocenters. The van der Waals surface area contributed by atoms with Crippen molar-refractivity contribution >= 4 is 38.6 Å². The van der Waals surface area contributed by atoms with Crippen LogP contribution in [0.25, 0.3) is 10.9 Å². The normalized spacial score (nSPS) is 15.4. The number of nitrogens with one attached hydrogen (secondary N) is 1. The Bertz CT molecular complexity index is 680. The topological polar surface area (TPSA) is 54.3 Å². The molecule has 1 N–H and O–H groups in total. The number of rotatable bonds is 2. The number of carbonyl (C=O) groups is 2. The maximum Gasteiger partial charge on any atom is 0.243 e. The van der Waals surface area contributed by atoms with Gasteiger partial charge in [-0.15, -0.1) is 0 Å². The predicted molar refractivity (Wildman–Crippen MR) is 79.2 cm³/mol. The number of piperazine rings is 1. The molecule has 104 valence electrons. The van der Waals surface area contributed by atoms with Gasteiger partial charge in [0.2, 0.25) is 11.8 Å². The Morgan fingerprint density at radius 3 is 3.00 bits per heavy atom. The summed E-state index contributed by atoms with van der Waals surface area (Å²) in [6, 6.07) is 7.89. The second-order valence-corrected chi connectivity index (χ2v) is 5.64. The molecular formula is C14H14BrN3O2. The predicted octanol–water partition coefficient (Wildman–Crippen LogP) is 1.36. The molecule has 0 radical (unpaired) electrons. The summed E-state index contributed by atoms with van der Waals surface area (Å²) in [5.74, 6) is -0.123. The molecule has 6 heteroatoms. The maximum atomic E-state index is 12.3. The zero-order valence-electron chi connectivity index (χ0n) is 10.8. The van der Waals surface area contributed by atoms with Crippen molar-refractivity contribution < 1.29 is 9.59 Å². The summed E-state index contributed by atoms with van der Waals surface area (Å²) >= 11 is 3.50. The van der Waals surface area contributed by atoms with Gasteiger partial charge in [0.1, 0.15) is 6.54 Å². The molecule has 1 aliphatic heterocycles. The summed E-state index contributed by atoms with van der Waals surface area (Å²) in [5.41, 5.74) is 1.01. The minimum absolute atomic E-state index is 0.0303. The van der Waals surface area contributed by atoms with Crippen LogP contribution in [0.15, 0.2) is 34.9 Å². The highest BCUT2D eigenvalue weighted by Gasteiger charge is 2.21. The monoisotopic (exact) mass is 335 g/mol. The zero-order valence-corrected chi connectivity index (χ0v) is 12.4. The van der Waals surface area contributed by atoms with Crippen LogP contribution >= 0.6 is 15.9 Å². The van der Waals surface area contributed by atoms with Crippen LogP contribution in [0.4, 0.5) is 0 Å². The lowest BCUT2D eigenvalue weighted by Crippen LogP contribution is -2.50. The van der Waals surface area contributed by atoms with E-state index in [0.717, 1.165) is 15.4 Å². The maximum absolute atomic E-state index is 12.3. The summed E-state index contributed by atoms with van der Waals surface area (Å²) in [4.78, 5) is 25.2. The molecule has 1 aromatic heterocycles. The number of hydrogen-bond donors (Lipinski definition) is 1. The molecule has 0 atom stereocenters. The van der Waals surface area contributed by atoms with Gasteiger partial charge in [0.25, 0.3) is 0 Å². The molecule has 20 heavy (non-hydrogen) atoms. The zero-order chi connectivity index (χ0) is 14.1. The lowest BCUT2D eigenvalue weighted by molar-refractivity contribution is -0.138. The van der Waals surface area contributed by atoms with E-state index in [4.69, 9.17) is 0 Å². The fourth-order valence-electron chi connectivity index (χ4n) is 2.42. The van der Waals surface area contributed by atoms with Crippen LogP contribution in [0.2, 0.25) is 0 Å². The van der Waals surface area contributed by atoms with Crippen LogP contribution in [0.3, 0.4) is 0 Å². The Balaban J connectivity index is 1.81. The summed E-state index contributed by atoms with van der Waals surface area (Å²) < 4.78 is 2.92. The van der Waals surface area contributed by atoms with Crippen molar-refractivity contribution in [2.75, 3.05) is 19.6 Å². The second-order valence-electron chi connectivity index (χ2n) is 4.78. The molecular weight excluding hydrogens is 322 g/mol. The second kappa shape index (κ2) is 5.28. The minimum Gasteiger partial charge on any atom is -0.353 e. The van der Waals surface area contributed by atoms with E-state index in [1.807, 2.05) is 35.0 Å². The third-order valence-electron chi connectivity index (χ3n) is 3.46. The van der Waals surface area contributed by atoms with E-state index in [2.05, 4.69) is 21.2 Å². The number of benzene rings is 1. The molecule has 2 aromatic rings. The van der Waals surface area contributed by atoms with Crippen molar-refractivity contribution in [1.29, 1.82) is 0 Å². The standard InChI is InChI=1S/C14H14BrN3O2/c15-11-2-1-3-12-10(11)4-6-17(12)9-14(20)18-7-5-16-13(19)8-18/h1-4,6H,5,7-9H2,(H,16,19). The van der Waals surface area contributed by atoms with Gasteiger partial charge in [-0.25, -0.2) is 0 Å². The van der Waals surface area contributed by atoms with Gasteiger partial charge in [-0.3, -0.25) is 9.59 Å². The van der Waals surface area contributed by atoms with Crippen LogP contribution in [0.5, 0.6) is 0 Å². The smallest absolute Gasteiger partial charge is 0.243 e. The molecule has 5 nitrogen and oxygen atoms in total. The first-order valence-electron chi connectivity index (χ1n) is 6.43. The molecule has 2 amide bonds. The summed E-state index contributed by atoms with van der Waals surface area (Å²) in [6.07, 6.45) is 1.90. The van der Waals surface area contributed by atoms with Crippen molar-refractivity contribution in [1.82, 2.24) is 14.8 Å². The lowest BCUT2D eigenvalue weighted by atomic mass is 10.2. The number of hydrogen-bond acceptors (Lipinski definition) is 2. The van der Waals surface area contributed by atoms with Crippen molar-refractivity contribution in [2.24, 2.45) is 0 Å². The van der Waals surface area contributed by atoms with Crippen molar-refractivity contribution in [2.45, 2.75) is 6.54 Å². The molecule has 3 rings (SSSR count). The molecule has 1 saturated heterocycles. The largest absolute Gasteiger partial charge is 0.353 e. The molecule has 2 heterocycles. The Kier molecular flexibility index (Phi) is 3.48. The molecule has 1 fully saturated rings. The fourth-order valence-corrected chi connectivity index (χ4v) is 2.91. The highest BCUT2D eigenvalue weighted by atomic mass is 79.9. The van der Waals surface area contributed by atoms with Crippen LogP contribution in [-0.4, -0.2) is 40.9 Å². The van der Waals surface area contributed by atoms with Gasteiger partial charge < -0.3 is 14.8 Å². The van der Waals surface area contributed by atoms with E-state index in [-0.39, 0.29) is 24.9 Å². The number of amides is 2. The highest BCUT2D eigenvalue weighted by molar-refractivity contribution is 9.10. The van der Waals surface area contributed by atoms with Gasteiger partial charge in [0.05, 0.1) is 6.54 Å². The molecule has 1 aromatic carbocycles. The molecule has 1 aliphatic rings. The fraction of sp³-hybridized carbons (Fsp3) is 0.286. The van der Waals surface area contributed by atoms with Gasteiger partial charge in [0.15, 0.2) is 0 Å². The van der Waals surface area contributed by atoms with Gasteiger partial charge in [-0.05, 0) is 18.2 Å². The van der Waals surface area contributed by atoms with Gasteiger partial charge in [-0.2, -0.15) is 0 Å². The first-order valence-corrected chi connectivity index (χ1v) is 7.22. The highest BCUT2D eigenvalue weighted by Crippen LogP contribution is 2.24. The minimum atomic E-state index is -0.0929. The van der Waals surface area contributed by atoms with Crippen LogP contribution in [0, 0.1) is 0 Å². The first-order chi connectivity index (χ1) is 9.65. The number of nitrogens with zero attached hydrogens (tertiary/aromatic N) is 2. The summed E-state index contributed by atoms with van der Waals surface area (Å²) in [6.45, 7) is 1.52. The summed E-state index contributed by atoms with van der Waals surface area (Å²) in [5, 5.41) is 3.80. The molecule has 0 saturated carbocycles. The number of carbonyl (C=O) groups excluding carboxylic acids is 2. The van der Waals surface area contributed by atoms with Crippen molar-refractivity contribution in [3.05, 3.63) is 34.9 Å². The van der Waals surface area contributed by atoms with Gasteiger partial charge in [0, 0.05) is 34.7 Å². The van der Waals surface area contributed by atoms with E-state index >= 15 is 0 Å². The number of aromatic nitrogens is 1. The van der Waals surface area contributed by atoms with Crippen molar-refractivity contribution in [3.63, 3.8) is 0 Å². The Morgan fingerprint density at radius 2 is 2.20 bits per heavy atom. The Morgan fingerprint density at radius 1 is 1.35 bits per heavy atom. The molecule has 0 aliphatic carbocycles. The van der Waals surface area contributed by atoms with Gasteiger partial charge in [-0.1, -0.05) is 22.0 Å². The third kappa shape index (κ3) is 2.43. The average Bonchev–Trinajstić information content (AvgIpc) is 2.83. The SMILES string of the molecule is O=C1CN(C(=O)Cn2ccc3c(Br)cccc32)CCN1. The van der Waals surface area contributed by atoms with E-state index in [9.17, 15) is 9.59 Å². The Hall–Kier alpha value is -1.82.